The van der Waals surface area contributed by atoms with Gasteiger partial charge in [0.1, 0.15) is 13.2 Å². The zero-order chi connectivity index (χ0) is 17.3. The molecule has 3 aliphatic rings. The Bertz CT molecular complexity index is 716. The van der Waals surface area contributed by atoms with Crippen LogP contribution in [0.2, 0.25) is 0 Å². The fourth-order valence-corrected chi connectivity index (χ4v) is 5.21. The molecule has 0 aliphatic carbocycles. The summed E-state index contributed by atoms with van der Waals surface area (Å²) in [4.78, 5) is 2.71. The number of ether oxygens (including phenoxy) is 3. The summed E-state index contributed by atoms with van der Waals surface area (Å²) < 4.78 is 43.9. The van der Waals surface area contributed by atoms with Gasteiger partial charge in [-0.1, -0.05) is 0 Å². The molecule has 3 aliphatic heterocycles. The van der Waals surface area contributed by atoms with Crippen molar-refractivity contribution in [2.75, 3.05) is 52.6 Å². The van der Waals surface area contributed by atoms with Crippen molar-refractivity contribution in [2.45, 2.75) is 23.8 Å². The monoisotopic (exact) mass is 404 g/mol. The average Bonchev–Trinajstić information content (AvgIpc) is 2.68. The molecule has 0 amide bonds. The SMILES string of the molecule is Cl.O=S(=O)(c1ccc2c(c1)OCCO2)N1CCC(N2CCOCC2)CC1. The highest BCUT2D eigenvalue weighted by molar-refractivity contribution is 7.89. The van der Waals surface area contributed by atoms with Crippen LogP contribution in [-0.4, -0.2) is 76.3 Å². The Labute approximate surface area is 160 Å². The summed E-state index contributed by atoms with van der Waals surface area (Å²) in [7, 11) is -3.50. The Morgan fingerprint density at radius 2 is 1.54 bits per heavy atom. The maximum Gasteiger partial charge on any atom is 0.243 e. The Balaban J connectivity index is 0.00000196. The van der Waals surface area contributed by atoms with Crippen LogP contribution < -0.4 is 9.47 Å². The van der Waals surface area contributed by atoms with Gasteiger partial charge in [0, 0.05) is 38.3 Å². The van der Waals surface area contributed by atoms with Gasteiger partial charge in [0.25, 0.3) is 0 Å². The minimum absolute atomic E-state index is 0. The van der Waals surface area contributed by atoms with E-state index in [2.05, 4.69) is 4.90 Å². The molecule has 0 N–H and O–H groups in total. The summed E-state index contributed by atoms with van der Waals surface area (Å²) in [6.07, 6.45) is 1.73. The number of fused-ring (bicyclic) bond motifs is 1. The van der Waals surface area contributed by atoms with Crippen LogP contribution in [0, 0.1) is 0 Å². The molecule has 3 heterocycles. The minimum atomic E-state index is -3.50. The number of sulfonamides is 1. The van der Waals surface area contributed by atoms with E-state index in [-0.39, 0.29) is 17.3 Å². The molecule has 0 saturated carbocycles. The van der Waals surface area contributed by atoms with Gasteiger partial charge in [-0.15, -0.1) is 12.4 Å². The first kappa shape index (κ1) is 19.7. The normalized spacial score (nSPS) is 22.6. The second kappa shape index (κ2) is 8.31. The van der Waals surface area contributed by atoms with E-state index in [4.69, 9.17) is 14.2 Å². The van der Waals surface area contributed by atoms with Crippen LogP contribution in [0.15, 0.2) is 23.1 Å². The molecule has 4 rings (SSSR count). The van der Waals surface area contributed by atoms with E-state index in [1.165, 1.54) is 0 Å². The first-order valence-corrected chi connectivity index (χ1v) is 10.3. The molecule has 26 heavy (non-hydrogen) atoms. The molecule has 0 bridgehead atoms. The number of hydrogen-bond donors (Lipinski definition) is 0. The van der Waals surface area contributed by atoms with Crippen molar-refractivity contribution in [3.63, 3.8) is 0 Å². The molecule has 1 aromatic rings. The lowest BCUT2D eigenvalue weighted by Gasteiger charge is -2.39. The summed E-state index contributed by atoms with van der Waals surface area (Å²) in [6, 6.07) is 5.33. The van der Waals surface area contributed by atoms with Gasteiger partial charge in [0.05, 0.1) is 18.1 Å². The molecular weight excluding hydrogens is 380 g/mol. The third-order valence-electron chi connectivity index (χ3n) is 5.14. The van der Waals surface area contributed by atoms with Crippen LogP contribution >= 0.6 is 12.4 Å². The topological polar surface area (TPSA) is 68.3 Å². The van der Waals surface area contributed by atoms with E-state index >= 15 is 0 Å². The third-order valence-corrected chi connectivity index (χ3v) is 7.03. The zero-order valence-electron chi connectivity index (χ0n) is 14.6. The quantitative estimate of drug-likeness (QED) is 0.757. The van der Waals surface area contributed by atoms with Gasteiger partial charge in [-0.2, -0.15) is 4.31 Å². The molecule has 146 valence electrons. The number of morpholine rings is 1. The standard InChI is InChI=1S/C17H24N2O5S.ClH/c20-25(21,15-1-2-16-17(13-15)24-12-11-23-16)19-5-3-14(4-6-19)18-7-9-22-10-8-18;/h1-2,13-14H,3-12H2;1H. The van der Waals surface area contributed by atoms with Crippen molar-refractivity contribution in [3.05, 3.63) is 18.2 Å². The summed E-state index contributed by atoms with van der Waals surface area (Å²) in [5.74, 6) is 1.12. The average molecular weight is 405 g/mol. The molecule has 0 spiro atoms. The summed E-state index contributed by atoms with van der Waals surface area (Å²) in [5.41, 5.74) is 0. The van der Waals surface area contributed by atoms with Crippen molar-refractivity contribution in [2.24, 2.45) is 0 Å². The summed E-state index contributed by atoms with van der Waals surface area (Å²) in [6.45, 7) is 5.48. The van der Waals surface area contributed by atoms with E-state index in [1.807, 2.05) is 0 Å². The highest BCUT2D eigenvalue weighted by atomic mass is 35.5. The largest absolute Gasteiger partial charge is 0.486 e. The van der Waals surface area contributed by atoms with E-state index < -0.39 is 10.0 Å². The Kier molecular flexibility index (Phi) is 6.29. The summed E-state index contributed by atoms with van der Waals surface area (Å²) >= 11 is 0. The number of benzene rings is 1. The molecule has 0 radical (unpaired) electrons. The third kappa shape index (κ3) is 3.94. The Hall–Kier alpha value is -1.06. The van der Waals surface area contributed by atoms with E-state index in [0.29, 0.717) is 43.8 Å². The van der Waals surface area contributed by atoms with Gasteiger partial charge in [0.2, 0.25) is 10.0 Å². The van der Waals surface area contributed by atoms with Gasteiger partial charge < -0.3 is 14.2 Å². The molecule has 0 atom stereocenters. The molecular formula is C17H25ClN2O5S. The van der Waals surface area contributed by atoms with Gasteiger partial charge in [-0.3, -0.25) is 4.90 Å². The predicted octanol–water partition coefficient (Wildman–Crippen LogP) is 1.36. The second-order valence-corrected chi connectivity index (χ2v) is 8.53. The highest BCUT2D eigenvalue weighted by Gasteiger charge is 2.32. The number of rotatable bonds is 3. The maximum absolute atomic E-state index is 13.0. The van der Waals surface area contributed by atoms with Crippen LogP contribution in [-0.2, 0) is 14.8 Å². The smallest absolute Gasteiger partial charge is 0.243 e. The van der Waals surface area contributed by atoms with Crippen molar-refractivity contribution >= 4 is 22.4 Å². The lowest BCUT2D eigenvalue weighted by atomic mass is 10.0. The first-order chi connectivity index (χ1) is 12.1. The zero-order valence-corrected chi connectivity index (χ0v) is 16.3. The first-order valence-electron chi connectivity index (χ1n) is 8.86. The van der Waals surface area contributed by atoms with Crippen molar-refractivity contribution in [3.8, 4) is 11.5 Å². The van der Waals surface area contributed by atoms with Crippen LogP contribution in [0.1, 0.15) is 12.8 Å². The van der Waals surface area contributed by atoms with Crippen LogP contribution in [0.4, 0.5) is 0 Å². The van der Waals surface area contributed by atoms with Crippen LogP contribution in [0.5, 0.6) is 11.5 Å². The number of halogens is 1. The minimum Gasteiger partial charge on any atom is -0.486 e. The highest BCUT2D eigenvalue weighted by Crippen LogP contribution is 2.33. The van der Waals surface area contributed by atoms with Crippen LogP contribution in [0.3, 0.4) is 0 Å². The Morgan fingerprint density at radius 3 is 2.23 bits per heavy atom. The van der Waals surface area contributed by atoms with Crippen molar-refractivity contribution in [1.82, 2.24) is 9.21 Å². The number of piperidine rings is 1. The number of hydrogen-bond acceptors (Lipinski definition) is 6. The molecule has 0 aromatic heterocycles. The van der Waals surface area contributed by atoms with Crippen molar-refractivity contribution < 1.29 is 22.6 Å². The lowest BCUT2D eigenvalue weighted by molar-refractivity contribution is 0.00610. The molecule has 9 heteroatoms. The molecule has 0 unspecified atom stereocenters. The van der Waals surface area contributed by atoms with Gasteiger partial charge in [-0.05, 0) is 25.0 Å². The van der Waals surface area contributed by atoms with Crippen molar-refractivity contribution in [1.29, 1.82) is 0 Å². The Morgan fingerprint density at radius 1 is 0.885 bits per heavy atom. The fraction of sp³-hybridized carbons (Fsp3) is 0.647. The molecule has 2 fully saturated rings. The van der Waals surface area contributed by atoms with E-state index in [9.17, 15) is 8.42 Å². The van der Waals surface area contributed by atoms with Gasteiger partial charge in [0.15, 0.2) is 11.5 Å². The van der Waals surface area contributed by atoms with Gasteiger partial charge >= 0.3 is 0 Å². The lowest BCUT2D eigenvalue weighted by Crippen LogP contribution is -2.50. The maximum atomic E-state index is 13.0. The molecule has 2 saturated heterocycles. The second-order valence-electron chi connectivity index (χ2n) is 6.59. The van der Waals surface area contributed by atoms with E-state index in [0.717, 1.165) is 39.1 Å². The molecule has 7 nitrogen and oxygen atoms in total. The number of nitrogens with zero attached hydrogens (tertiary/aromatic N) is 2. The van der Waals surface area contributed by atoms with Crippen LogP contribution in [0.25, 0.3) is 0 Å². The summed E-state index contributed by atoms with van der Waals surface area (Å²) in [5, 5.41) is 0. The predicted molar refractivity (Wildman–Crippen MR) is 98.9 cm³/mol. The van der Waals surface area contributed by atoms with E-state index in [1.54, 1.807) is 22.5 Å². The fourth-order valence-electron chi connectivity index (χ4n) is 3.72. The molecule has 1 aromatic carbocycles. The van der Waals surface area contributed by atoms with Gasteiger partial charge in [-0.25, -0.2) is 8.42 Å².